The lowest BCUT2D eigenvalue weighted by Crippen LogP contribution is -2.54. The molecule has 2 rings (SSSR count). The Hall–Kier alpha value is -1.12. The van der Waals surface area contributed by atoms with Crippen molar-refractivity contribution in [3.63, 3.8) is 0 Å². The molecule has 6 nitrogen and oxygen atoms in total. The van der Waals surface area contributed by atoms with Gasteiger partial charge in [0.1, 0.15) is 10.6 Å². The second-order valence-electron chi connectivity index (χ2n) is 5.11. The van der Waals surface area contributed by atoms with Crippen LogP contribution in [0.15, 0.2) is 27.6 Å². The molecule has 0 amide bonds. The van der Waals surface area contributed by atoms with E-state index in [1.54, 1.807) is 12.1 Å². The van der Waals surface area contributed by atoms with E-state index >= 15 is 0 Å². The molecule has 1 aromatic rings. The number of sulfonamides is 1. The van der Waals surface area contributed by atoms with Gasteiger partial charge in [-0.15, -0.1) is 0 Å². The van der Waals surface area contributed by atoms with Crippen molar-refractivity contribution in [2.75, 3.05) is 7.11 Å². The second-order valence-corrected chi connectivity index (χ2v) is 7.67. The van der Waals surface area contributed by atoms with Crippen molar-refractivity contribution in [2.45, 2.75) is 36.1 Å². The Bertz CT molecular complexity index is 655. The molecule has 0 bridgehead atoms. The standard InChI is InChI=1S/C13H16BrNO5S/c1-20-10-4-3-9(14)7-11(10)21(18,19)15-13(5-2-6-13)8-12(16)17/h3-4,7,15H,2,5-6,8H2,1H3,(H,16,17). The molecule has 0 unspecified atom stereocenters. The number of methoxy groups -OCH3 is 1. The fraction of sp³-hybridized carbons (Fsp3) is 0.462. The van der Waals surface area contributed by atoms with E-state index in [0.717, 1.165) is 6.42 Å². The van der Waals surface area contributed by atoms with Crippen molar-refractivity contribution in [3.05, 3.63) is 22.7 Å². The number of carbonyl (C=O) groups is 1. The number of nitrogens with one attached hydrogen (secondary N) is 1. The van der Waals surface area contributed by atoms with Crippen LogP contribution in [0.1, 0.15) is 25.7 Å². The third kappa shape index (κ3) is 3.56. The predicted octanol–water partition coefficient (Wildman–Crippen LogP) is 2.13. The molecule has 0 saturated heterocycles. The molecule has 1 saturated carbocycles. The van der Waals surface area contributed by atoms with Gasteiger partial charge in [0.25, 0.3) is 0 Å². The van der Waals surface area contributed by atoms with Gasteiger partial charge in [0.05, 0.1) is 13.5 Å². The van der Waals surface area contributed by atoms with Gasteiger partial charge >= 0.3 is 5.97 Å². The van der Waals surface area contributed by atoms with Crippen LogP contribution in [-0.2, 0) is 14.8 Å². The van der Waals surface area contributed by atoms with E-state index in [1.165, 1.54) is 13.2 Å². The van der Waals surface area contributed by atoms with Crippen LogP contribution >= 0.6 is 15.9 Å². The minimum Gasteiger partial charge on any atom is -0.495 e. The first-order chi connectivity index (χ1) is 9.78. The summed E-state index contributed by atoms with van der Waals surface area (Å²) in [6.07, 6.45) is 1.64. The van der Waals surface area contributed by atoms with Gasteiger partial charge in [0.15, 0.2) is 0 Å². The first-order valence-electron chi connectivity index (χ1n) is 6.37. The highest BCUT2D eigenvalue weighted by Gasteiger charge is 2.43. The zero-order valence-electron chi connectivity index (χ0n) is 11.4. The van der Waals surface area contributed by atoms with Crippen LogP contribution in [0.5, 0.6) is 5.75 Å². The number of carboxylic acids is 1. The summed E-state index contributed by atoms with van der Waals surface area (Å²) in [5, 5.41) is 8.96. The Kier molecular flexibility index (Phi) is 4.60. The molecule has 0 spiro atoms. The van der Waals surface area contributed by atoms with Gasteiger partial charge in [0, 0.05) is 10.0 Å². The molecule has 2 N–H and O–H groups in total. The number of hydrogen-bond donors (Lipinski definition) is 2. The van der Waals surface area contributed by atoms with Crippen LogP contribution in [0.4, 0.5) is 0 Å². The molecule has 0 aliphatic heterocycles. The number of benzene rings is 1. The van der Waals surface area contributed by atoms with Crippen molar-refractivity contribution in [2.24, 2.45) is 0 Å². The summed E-state index contributed by atoms with van der Waals surface area (Å²) in [7, 11) is -2.47. The molecule has 1 aliphatic carbocycles. The molecule has 1 aromatic carbocycles. The maximum absolute atomic E-state index is 12.5. The number of ether oxygens (including phenoxy) is 1. The van der Waals surface area contributed by atoms with E-state index in [2.05, 4.69) is 20.7 Å². The minimum atomic E-state index is -3.86. The summed E-state index contributed by atoms with van der Waals surface area (Å²) in [4.78, 5) is 10.9. The van der Waals surface area contributed by atoms with Crippen molar-refractivity contribution < 1.29 is 23.1 Å². The molecular weight excluding hydrogens is 362 g/mol. The summed E-state index contributed by atoms with van der Waals surface area (Å²) < 4.78 is 33.3. The quantitative estimate of drug-likeness (QED) is 0.791. The number of hydrogen-bond acceptors (Lipinski definition) is 4. The van der Waals surface area contributed by atoms with E-state index in [0.29, 0.717) is 17.3 Å². The third-order valence-electron chi connectivity index (χ3n) is 3.57. The highest BCUT2D eigenvalue weighted by atomic mass is 79.9. The Balaban J connectivity index is 2.34. The molecule has 116 valence electrons. The Labute approximate surface area is 131 Å². The zero-order valence-corrected chi connectivity index (χ0v) is 13.8. The lowest BCUT2D eigenvalue weighted by molar-refractivity contribution is -0.139. The largest absolute Gasteiger partial charge is 0.495 e. The lowest BCUT2D eigenvalue weighted by atomic mass is 9.75. The van der Waals surface area contributed by atoms with E-state index in [9.17, 15) is 13.2 Å². The lowest BCUT2D eigenvalue weighted by Gasteiger charge is -2.41. The minimum absolute atomic E-state index is 0.00367. The average molecular weight is 378 g/mol. The highest BCUT2D eigenvalue weighted by Crippen LogP contribution is 2.37. The molecule has 0 aromatic heterocycles. The van der Waals surface area contributed by atoms with Crippen molar-refractivity contribution in [1.29, 1.82) is 0 Å². The fourth-order valence-electron chi connectivity index (χ4n) is 2.41. The van der Waals surface area contributed by atoms with E-state index in [1.807, 2.05) is 0 Å². The van der Waals surface area contributed by atoms with E-state index < -0.39 is 21.5 Å². The molecule has 0 radical (unpaired) electrons. The maximum Gasteiger partial charge on any atom is 0.305 e. The van der Waals surface area contributed by atoms with Crippen molar-refractivity contribution in [3.8, 4) is 5.75 Å². The van der Waals surface area contributed by atoms with Gasteiger partial charge in [-0.2, -0.15) is 0 Å². The molecule has 8 heteroatoms. The summed E-state index contributed by atoms with van der Waals surface area (Å²) in [6, 6.07) is 4.66. The van der Waals surface area contributed by atoms with Crippen molar-refractivity contribution >= 4 is 31.9 Å². The molecule has 1 fully saturated rings. The van der Waals surface area contributed by atoms with Crippen LogP contribution in [0.2, 0.25) is 0 Å². The summed E-state index contributed by atoms with van der Waals surface area (Å²) in [5.74, 6) is -0.797. The molecule has 1 aliphatic rings. The van der Waals surface area contributed by atoms with Gasteiger partial charge in [-0.3, -0.25) is 4.79 Å². The van der Waals surface area contributed by atoms with E-state index in [4.69, 9.17) is 9.84 Å². The Morgan fingerprint density at radius 1 is 1.48 bits per heavy atom. The van der Waals surface area contributed by atoms with Gasteiger partial charge in [-0.1, -0.05) is 15.9 Å². The topological polar surface area (TPSA) is 92.7 Å². The smallest absolute Gasteiger partial charge is 0.305 e. The fourth-order valence-corrected chi connectivity index (χ4v) is 4.58. The zero-order chi connectivity index (χ0) is 15.7. The van der Waals surface area contributed by atoms with Crippen LogP contribution in [0.3, 0.4) is 0 Å². The highest BCUT2D eigenvalue weighted by molar-refractivity contribution is 9.10. The molecule has 0 heterocycles. The summed E-state index contributed by atoms with van der Waals surface area (Å²) in [6.45, 7) is 0. The maximum atomic E-state index is 12.5. The van der Waals surface area contributed by atoms with Gasteiger partial charge < -0.3 is 9.84 Å². The van der Waals surface area contributed by atoms with Gasteiger partial charge in [0.2, 0.25) is 10.0 Å². The van der Waals surface area contributed by atoms with Crippen LogP contribution in [0, 0.1) is 0 Å². The normalized spacial score (nSPS) is 17.0. The van der Waals surface area contributed by atoms with Crippen molar-refractivity contribution in [1.82, 2.24) is 4.72 Å². The number of aliphatic carboxylic acids is 1. The van der Waals surface area contributed by atoms with Crippen LogP contribution in [0.25, 0.3) is 0 Å². The summed E-state index contributed by atoms with van der Waals surface area (Å²) in [5.41, 5.74) is -0.891. The third-order valence-corrected chi connectivity index (χ3v) is 5.66. The molecule has 21 heavy (non-hydrogen) atoms. The number of carboxylic acid groups (broad SMARTS) is 1. The van der Waals surface area contributed by atoms with Crippen LogP contribution in [-0.4, -0.2) is 32.1 Å². The van der Waals surface area contributed by atoms with E-state index in [-0.39, 0.29) is 17.1 Å². The second kappa shape index (κ2) is 5.94. The molecule has 0 atom stereocenters. The number of halogens is 1. The van der Waals surface area contributed by atoms with Gasteiger partial charge in [-0.25, -0.2) is 13.1 Å². The molecular formula is C13H16BrNO5S. The SMILES string of the molecule is COc1ccc(Br)cc1S(=O)(=O)NC1(CC(=O)O)CCC1. The Morgan fingerprint density at radius 3 is 2.62 bits per heavy atom. The van der Waals surface area contributed by atoms with Gasteiger partial charge in [-0.05, 0) is 37.5 Å². The van der Waals surface area contributed by atoms with Crippen LogP contribution < -0.4 is 9.46 Å². The summed E-state index contributed by atoms with van der Waals surface area (Å²) >= 11 is 3.23. The predicted molar refractivity (Wildman–Crippen MR) is 79.9 cm³/mol. The number of rotatable bonds is 6. The Morgan fingerprint density at radius 2 is 2.14 bits per heavy atom. The first kappa shape index (κ1) is 16.3. The monoisotopic (exact) mass is 377 g/mol. The first-order valence-corrected chi connectivity index (χ1v) is 8.65. The average Bonchev–Trinajstić information content (AvgIpc) is 2.35.